The summed E-state index contributed by atoms with van der Waals surface area (Å²) in [5, 5.41) is 3.10. The van der Waals surface area contributed by atoms with E-state index in [1.165, 1.54) is 18.4 Å². The van der Waals surface area contributed by atoms with Crippen LogP contribution in [0.4, 0.5) is 0 Å². The minimum atomic E-state index is -3.00. The lowest BCUT2D eigenvalue weighted by Gasteiger charge is -2.35. The van der Waals surface area contributed by atoms with E-state index >= 15 is 0 Å². The van der Waals surface area contributed by atoms with Gasteiger partial charge in [-0.2, -0.15) is 0 Å². The van der Waals surface area contributed by atoms with Crippen LogP contribution in [0.5, 0.6) is 0 Å². The molecule has 2 aliphatic heterocycles. The van der Waals surface area contributed by atoms with Gasteiger partial charge in [-0.1, -0.05) is 30.3 Å². The van der Waals surface area contributed by atoms with Gasteiger partial charge in [-0.3, -0.25) is 4.79 Å². The third kappa shape index (κ3) is 3.96. The van der Waals surface area contributed by atoms with Gasteiger partial charge in [-0.25, -0.2) is 8.42 Å². The monoisotopic (exact) mass is 376 g/mol. The van der Waals surface area contributed by atoms with Crippen molar-refractivity contribution in [3.05, 3.63) is 35.9 Å². The number of nitrogens with one attached hydrogen (secondary N) is 1. The number of hydrogen-bond acceptors (Lipinski definition) is 4. The molecule has 1 atom stereocenters. The number of rotatable bonds is 5. The maximum absolute atomic E-state index is 12.3. The van der Waals surface area contributed by atoms with Crippen LogP contribution in [0.3, 0.4) is 0 Å². The Bertz CT molecular complexity index is 751. The van der Waals surface area contributed by atoms with Crippen molar-refractivity contribution in [1.29, 1.82) is 0 Å². The van der Waals surface area contributed by atoms with Gasteiger partial charge in [0.15, 0.2) is 9.84 Å². The highest BCUT2D eigenvalue weighted by molar-refractivity contribution is 7.91. The first kappa shape index (κ1) is 18.0. The summed E-state index contributed by atoms with van der Waals surface area (Å²) in [7, 11) is -3.00. The Labute approximate surface area is 156 Å². The first-order chi connectivity index (χ1) is 12.5. The third-order valence-electron chi connectivity index (χ3n) is 6.30. The molecular weight excluding hydrogens is 348 g/mol. The van der Waals surface area contributed by atoms with E-state index in [1.807, 2.05) is 0 Å². The summed E-state index contributed by atoms with van der Waals surface area (Å²) in [5.41, 5.74) is 1.80. The Hall–Kier alpha value is -1.40. The highest BCUT2D eigenvalue weighted by Gasteiger charge is 2.45. The van der Waals surface area contributed by atoms with Crippen LogP contribution in [0.2, 0.25) is 0 Å². The number of sulfone groups is 1. The summed E-state index contributed by atoms with van der Waals surface area (Å²) in [5.74, 6) is -0.221. The van der Waals surface area contributed by atoms with Gasteiger partial charge in [-0.05, 0) is 37.7 Å². The molecule has 3 aliphatic rings. The van der Waals surface area contributed by atoms with Gasteiger partial charge in [0.2, 0.25) is 5.91 Å². The molecule has 1 aliphatic carbocycles. The van der Waals surface area contributed by atoms with Crippen LogP contribution in [-0.2, 0) is 20.0 Å². The van der Waals surface area contributed by atoms with Crippen LogP contribution in [0.15, 0.2) is 30.3 Å². The normalized spacial score (nSPS) is 27.9. The van der Waals surface area contributed by atoms with Crippen LogP contribution in [0, 0.1) is 5.92 Å². The number of piperidine rings is 1. The van der Waals surface area contributed by atoms with Gasteiger partial charge in [0.1, 0.15) is 0 Å². The molecule has 0 aromatic heterocycles. The average Bonchev–Trinajstić information content (AvgIpc) is 3.32. The lowest BCUT2D eigenvalue weighted by molar-refractivity contribution is -0.125. The predicted molar refractivity (Wildman–Crippen MR) is 102 cm³/mol. The molecule has 1 amide bonds. The molecule has 2 heterocycles. The number of carbonyl (C=O) groups excluding carboxylic acids is 1. The van der Waals surface area contributed by atoms with Crippen molar-refractivity contribution < 1.29 is 13.2 Å². The Morgan fingerprint density at radius 3 is 2.38 bits per heavy atom. The highest BCUT2D eigenvalue weighted by Crippen LogP contribution is 2.48. The maximum atomic E-state index is 12.3. The molecular formula is C20H28N2O3S. The molecule has 3 fully saturated rings. The van der Waals surface area contributed by atoms with E-state index in [1.54, 1.807) is 0 Å². The van der Waals surface area contributed by atoms with Gasteiger partial charge < -0.3 is 10.2 Å². The lowest BCUT2D eigenvalue weighted by atomic mass is 9.94. The minimum Gasteiger partial charge on any atom is -0.353 e. The van der Waals surface area contributed by atoms with E-state index in [2.05, 4.69) is 40.5 Å². The van der Waals surface area contributed by atoms with Crippen molar-refractivity contribution >= 4 is 15.7 Å². The van der Waals surface area contributed by atoms with E-state index in [0.29, 0.717) is 11.8 Å². The molecule has 0 bridgehead atoms. The molecule has 1 aromatic carbocycles. The van der Waals surface area contributed by atoms with E-state index in [4.69, 9.17) is 0 Å². The Morgan fingerprint density at radius 2 is 1.81 bits per heavy atom. The fourth-order valence-corrected chi connectivity index (χ4v) is 6.21. The Kier molecular flexibility index (Phi) is 4.82. The molecule has 6 heteroatoms. The van der Waals surface area contributed by atoms with Gasteiger partial charge in [-0.15, -0.1) is 0 Å². The fourth-order valence-electron chi connectivity index (χ4n) is 4.46. The Morgan fingerprint density at radius 1 is 1.12 bits per heavy atom. The van der Waals surface area contributed by atoms with E-state index in [9.17, 15) is 13.2 Å². The molecule has 1 saturated carbocycles. The summed E-state index contributed by atoms with van der Waals surface area (Å²) in [6.07, 6.45) is 4.92. The standard InChI is InChI=1S/C20H28N2O3S/c23-19(16-8-13-26(24,25)14-16)21-18-6-11-22(12-7-18)15-20(9-10-20)17-4-2-1-3-5-17/h1-5,16,18H,6-15H2,(H,21,23). The molecule has 2 saturated heterocycles. The largest absolute Gasteiger partial charge is 0.353 e. The van der Waals surface area contributed by atoms with Crippen LogP contribution in [0.1, 0.15) is 37.7 Å². The molecule has 0 radical (unpaired) electrons. The van der Waals surface area contributed by atoms with Gasteiger partial charge in [0.25, 0.3) is 0 Å². The molecule has 0 spiro atoms. The first-order valence-electron chi connectivity index (χ1n) is 9.75. The van der Waals surface area contributed by atoms with Gasteiger partial charge in [0.05, 0.1) is 17.4 Å². The number of benzene rings is 1. The summed E-state index contributed by atoms with van der Waals surface area (Å²) >= 11 is 0. The molecule has 1 aromatic rings. The molecule has 5 nitrogen and oxygen atoms in total. The zero-order valence-corrected chi connectivity index (χ0v) is 16.0. The summed E-state index contributed by atoms with van der Waals surface area (Å²) in [4.78, 5) is 14.8. The quantitative estimate of drug-likeness (QED) is 0.850. The van der Waals surface area contributed by atoms with Gasteiger partial charge >= 0.3 is 0 Å². The van der Waals surface area contributed by atoms with Crippen LogP contribution < -0.4 is 5.32 Å². The van der Waals surface area contributed by atoms with Crippen LogP contribution >= 0.6 is 0 Å². The molecule has 1 N–H and O–H groups in total. The SMILES string of the molecule is O=C(NC1CCN(CC2(c3ccccc3)CC2)CC1)C1CCS(=O)(=O)C1. The van der Waals surface area contributed by atoms with Crippen LogP contribution in [-0.4, -0.2) is 56.4 Å². The number of hydrogen-bond donors (Lipinski definition) is 1. The number of likely N-dealkylation sites (tertiary alicyclic amines) is 1. The zero-order valence-electron chi connectivity index (χ0n) is 15.2. The van der Waals surface area contributed by atoms with E-state index < -0.39 is 9.84 Å². The molecule has 4 rings (SSSR count). The summed E-state index contributed by atoms with van der Waals surface area (Å²) in [6, 6.07) is 11.0. The van der Waals surface area contributed by atoms with Crippen LogP contribution in [0.25, 0.3) is 0 Å². The summed E-state index contributed by atoms with van der Waals surface area (Å²) in [6.45, 7) is 3.11. The van der Waals surface area contributed by atoms with E-state index in [0.717, 1.165) is 32.5 Å². The van der Waals surface area contributed by atoms with Crippen molar-refractivity contribution in [3.63, 3.8) is 0 Å². The summed E-state index contributed by atoms with van der Waals surface area (Å²) < 4.78 is 23.1. The smallest absolute Gasteiger partial charge is 0.224 e. The molecule has 26 heavy (non-hydrogen) atoms. The fraction of sp³-hybridized carbons (Fsp3) is 0.650. The number of carbonyl (C=O) groups is 1. The van der Waals surface area contributed by atoms with Crippen molar-refractivity contribution in [1.82, 2.24) is 10.2 Å². The topological polar surface area (TPSA) is 66.5 Å². The zero-order chi connectivity index (χ0) is 18.2. The number of amides is 1. The molecule has 1 unspecified atom stereocenters. The minimum absolute atomic E-state index is 0.0251. The predicted octanol–water partition coefficient (Wildman–Crippen LogP) is 1.73. The second kappa shape index (κ2) is 6.97. The molecule has 142 valence electrons. The Balaban J connectivity index is 1.25. The maximum Gasteiger partial charge on any atom is 0.224 e. The van der Waals surface area contributed by atoms with Crippen molar-refractivity contribution in [3.8, 4) is 0 Å². The van der Waals surface area contributed by atoms with Crippen molar-refractivity contribution in [2.75, 3.05) is 31.1 Å². The first-order valence-corrected chi connectivity index (χ1v) is 11.6. The number of nitrogens with zero attached hydrogens (tertiary/aromatic N) is 1. The highest BCUT2D eigenvalue weighted by atomic mass is 32.2. The second-order valence-corrected chi connectivity index (χ2v) is 10.5. The van der Waals surface area contributed by atoms with Crippen molar-refractivity contribution in [2.24, 2.45) is 5.92 Å². The second-order valence-electron chi connectivity index (χ2n) is 8.31. The van der Waals surface area contributed by atoms with Gasteiger partial charge in [0, 0.05) is 31.1 Å². The lowest BCUT2D eigenvalue weighted by Crippen LogP contribution is -2.48. The van der Waals surface area contributed by atoms with Crippen molar-refractivity contribution in [2.45, 2.75) is 43.6 Å². The average molecular weight is 377 g/mol. The van der Waals surface area contributed by atoms with E-state index in [-0.39, 0.29) is 29.4 Å². The third-order valence-corrected chi connectivity index (χ3v) is 8.07.